The highest BCUT2D eigenvalue weighted by Gasteiger charge is 2.21. The zero-order chi connectivity index (χ0) is 15.9. The summed E-state index contributed by atoms with van der Waals surface area (Å²) in [6.45, 7) is 2.66. The van der Waals surface area contributed by atoms with E-state index in [1.165, 1.54) is 25.3 Å². The van der Waals surface area contributed by atoms with Crippen molar-refractivity contribution >= 4 is 6.03 Å². The molecule has 3 N–H and O–H groups in total. The van der Waals surface area contributed by atoms with Gasteiger partial charge in [-0.3, -0.25) is 0 Å². The number of aliphatic hydroxyl groups excluding tert-OH is 1. The van der Waals surface area contributed by atoms with E-state index in [9.17, 15) is 15.0 Å². The third kappa shape index (κ3) is 4.63. The minimum atomic E-state index is -0.802. The van der Waals surface area contributed by atoms with Gasteiger partial charge in [-0.1, -0.05) is 31.4 Å². The molecule has 0 bridgehead atoms. The van der Waals surface area contributed by atoms with Crippen molar-refractivity contribution in [1.82, 2.24) is 10.2 Å². The Balaban J connectivity index is 1.91. The highest BCUT2D eigenvalue weighted by Crippen LogP contribution is 2.20. The molecule has 1 aliphatic rings. The Labute approximate surface area is 131 Å². The summed E-state index contributed by atoms with van der Waals surface area (Å²) in [7, 11) is 0. The lowest BCUT2D eigenvalue weighted by Crippen LogP contribution is -2.46. The van der Waals surface area contributed by atoms with E-state index in [-0.39, 0.29) is 24.4 Å². The second-order valence-corrected chi connectivity index (χ2v) is 5.93. The molecule has 1 fully saturated rings. The minimum absolute atomic E-state index is 0.117. The minimum Gasteiger partial charge on any atom is -0.508 e. The zero-order valence-electron chi connectivity index (χ0n) is 13.2. The molecule has 0 aliphatic heterocycles. The van der Waals surface area contributed by atoms with Gasteiger partial charge in [0.25, 0.3) is 0 Å². The molecule has 1 saturated carbocycles. The van der Waals surface area contributed by atoms with Crippen LogP contribution in [0.3, 0.4) is 0 Å². The number of rotatable bonds is 5. The molecule has 2 rings (SSSR count). The van der Waals surface area contributed by atoms with Crippen LogP contribution in [0.15, 0.2) is 24.3 Å². The van der Waals surface area contributed by atoms with Gasteiger partial charge in [-0.2, -0.15) is 0 Å². The van der Waals surface area contributed by atoms with Crippen LogP contribution >= 0.6 is 0 Å². The van der Waals surface area contributed by atoms with Crippen molar-refractivity contribution < 1.29 is 15.0 Å². The van der Waals surface area contributed by atoms with Gasteiger partial charge in [-0.05, 0) is 37.5 Å². The lowest BCUT2D eigenvalue weighted by molar-refractivity contribution is 0.121. The maximum absolute atomic E-state index is 12.3. The molecule has 2 amide bonds. The monoisotopic (exact) mass is 306 g/mol. The molecule has 5 nitrogen and oxygen atoms in total. The third-order valence-electron chi connectivity index (χ3n) is 4.25. The Morgan fingerprint density at radius 3 is 2.73 bits per heavy atom. The van der Waals surface area contributed by atoms with Crippen LogP contribution in [-0.4, -0.2) is 40.3 Å². The van der Waals surface area contributed by atoms with Crippen LogP contribution in [0.5, 0.6) is 5.75 Å². The highest BCUT2D eigenvalue weighted by molar-refractivity contribution is 5.74. The molecular formula is C17H26N2O3. The molecule has 1 atom stereocenters. The topological polar surface area (TPSA) is 72.8 Å². The first-order chi connectivity index (χ1) is 10.6. The molecule has 1 aromatic carbocycles. The van der Waals surface area contributed by atoms with Crippen LogP contribution in [-0.2, 0) is 0 Å². The van der Waals surface area contributed by atoms with E-state index in [1.54, 1.807) is 23.1 Å². The first-order valence-corrected chi connectivity index (χ1v) is 8.12. The number of urea groups is 1. The van der Waals surface area contributed by atoms with E-state index < -0.39 is 6.10 Å². The molecule has 1 unspecified atom stereocenters. The largest absolute Gasteiger partial charge is 0.508 e. The van der Waals surface area contributed by atoms with Crippen LogP contribution in [0, 0.1) is 0 Å². The van der Waals surface area contributed by atoms with Crippen molar-refractivity contribution in [2.45, 2.75) is 51.2 Å². The molecule has 0 heterocycles. The lowest BCUT2D eigenvalue weighted by Gasteiger charge is -2.29. The van der Waals surface area contributed by atoms with Crippen molar-refractivity contribution in [2.24, 2.45) is 0 Å². The van der Waals surface area contributed by atoms with Crippen LogP contribution in [0.1, 0.15) is 50.7 Å². The van der Waals surface area contributed by atoms with E-state index in [2.05, 4.69) is 5.32 Å². The number of hydrogen-bond acceptors (Lipinski definition) is 3. The first kappa shape index (κ1) is 16.6. The van der Waals surface area contributed by atoms with Gasteiger partial charge in [0.2, 0.25) is 0 Å². The first-order valence-electron chi connectivity index (χ1n) is 8.12. The maximum atomic E-state index is 12.3. The summed E-state index contributed by atoms with van der Waals surface area (Å²) in [5, 5.41) is 22.8. The Bertz CT molecular complexity index is 487. The van der Waals surface area contributed by atoms with Gasteiger partial charge in [0.1, 0.15) is 5.75 Å². The van der Waals surface area contributed by atoms with Crippen LogP contribution in [0.4, 0.5) is 4.79 Å². The Morgan fingerprint density at radius 1 is 1.36 bits per heavy atom. The van der Waals surface area contributed by atoms with Gasteiger partial charge < -0.3 is 20.4 Å². The fourth-order valence-corrected chi connectivity index (χ4v) is 2.91. The van der Waals surface area contributed by atoms with Crippen LogP contribution in [0.25, 0.3) is 0 Å². The molecule has 22 heavy (non-hydrogen) atoms. The van der Waals surface area contributed by atoms with Crippen LogP contribution < -0.4 is 5.32 Å². The van der Waals surface area contributed by atoms with Crippen molar-refractivity contribution in [2.75, 3.05) is 13.1 Å². The number of carbonyl (C=O) groups is 1. The van der Waals surface area contributed by atoms with E-state index in [0.29, 0.717) is 12.1 Å². The molecule has 1 aliphatic carbocycles. The summed E-state index contributed by atoms with van der Waals surface area (Å²) in [6.07, 6.45) is 4.87. The molecule has 0 radical (unpaired) electrons. The fourth-order valence-electron chi connectivity index (χ4n) is 2.91. The summed E-state index contributed by atoms with van der Waals surface area (Å²) < 4.78 is 0. The van der Waals surface area contributed by atoms with Gasteiger partial charge in [0.05, 0.1) is 12.6 Å². The lowest BCUT2D eigenvalue weighted by atomic mass is 9.96. The second kappa shape index (κ2) is 8.03. The number of likely N-dealkylation sites (N-methyl/N-ethyl adjacent to an activating group) is 1. The van der Waals surface area contributed by atoms with Crippen molar-refractivity contribution in [3.63, 3.8) is 0 Å². The van der Waals surface area contributed by atoms with E-state index in [0.717, 1.165) is 12.8 Å². The summed E-state index contributed by atoms with van der Waals surface area (Å²) in [5.41, 5.74) is 0.615. The number of aliphatic hydroxyl groups is 1. The number of nitrogens with one attached hydrogen (secondary N) is 1. The number of hydrogen-bond donors (Lipinski definition) is 3. The fraction of sp³-hybridized carbons (Fsp3) is 0.588. The van der Waals surface area contributed by atoms with E-state index in [4.69, 9.17) is 0 Å². The predicted octanol–water partition coefficient (Wildman–Crippen LogP) is 2.79. The summed E-state index contributed by atoms with van der Waals surface area (Å²) in [5.74, 6) is 0.117. The molecule has 1 aromatic rings. The van der Waals surface area contributed by atoms with E-state index >= 15 is 0 Å². The molecular weight excluding hydrogens is 280 g/mol. The average Bonchev–Trinajstić information content (AvgIpc) is 2.53. The normalized spacial score (nSPS) is 17.0. The summed E-state index contributed by atoms with van der Waals surface area (Å²) in [4.78, 5) is 13.9. The van der Waals surface area contributed by atoms with Gasteiger partial charge in [0.15, 0.2) is 0 Å². The van der Waals surface area contributed by atoms with Gasteiger partial charge in [-0.15, -0.1) is 0 Å². The van der Waals surface area contributed by atoms with Crippen molar-refractivity contribution in [3.05, 3.63) is 29.8 Å². The summed E-state index contributed by atoms with van der Waals surface area (Å²) >= 11 is 0. The van der Waals surface area contributed by atoms with Crippen molar-refractivity contribution in [3.8, 4) is 5.75 Å². The predicted molar refractivity (Wildman–Crippen MR) is 85.7 cm³/mol. The number of carbonyl (C=O) groups excluding carboxylic acids is 1. The smallest absolute Gasteiger partial charge is 0.317 e. The number of amides is 2. The average molecular weight is 306 g/mol. The third-order valence-corrected chi connectivity index (χ3v) is 4.25. The Morgan fingerprint density at radius 2 is 2.09 bits per heavy atom. The number of benzene rings is 1. The number of aromatic hydroxyl groups is 1. The second-order valence-electron chi connectivity index (χ2n) is 5.93. The Kier molecular flexibility index (Phi) is 6.07. The molecule has 0 aromatic heterocycles. The Hall–Kier alpha value is -1.75. The van der Waals surface area contributed by atoms with E-state index in [1.807, 2.05) is 6.92 Å². The zero-order valence-corrected chi connectivity index (χ0v) is 13.2. The SMILES string of the molecule is CCN(CC(O)c1cccc(O)c1)C(=O)NC1CCCCC1. The van der Waals surface area contributed by atoms with Gasteiger partial charge in [-0.25, -0.2) is 4.79 Å². The standard InChI is InChI=1S/C17H26N2O3/c1-2-19(17(22)18-14-8-4-3-5-9-14)12-16(21)13-7-6-10-15(20)11-13/h6-7,10-11,14,16,20-21H,2-5,8-9,12H2,1H3,(H,18,22). The quantitative estimate of drug-likeness (QED) is 0.783. The summed E-state index contributed by atoms with van der Waals surface area (Å²) in [6, 6.07) is 6.66. The number of phenols is 1. The number of nitrogens with zero attached hydrogens (tertiary/aromatic N) is 1. The molecule has 0 saturated heterocycles. The van der Waals surface area contributed by atoms with Crippen LogP contribution in [0.2, 0.25) is 0 Å². The van der Waals surface area contributed by atoms with Gasteiger partial charge in [0, 0.05) is 12.6 Å². The van der Waals surface area contributed by atoms with Gasteiger partial charge >= 0.3 is 6.03 Å². The number of phenolic OH excluding ortho intramolecular Hbond substituents is 1. The molecule has 122 valence electrons. The van der Waals surface area contributed by atoms with Crippen molar-refractivity contribution in [1.29, 1.82) is 0 Å². The maximum Gasteiger partial charge on any atom is 0.317 e. The molecule has 5 heteroatoms. The highest BCUT2D eigenvalue weighted by atomic mass is 16.3. The molecule has 0 spiro atoms.